The lowest BCUT2D eigenvalue weighted by Gasteiger charge is -2.24. The Morgan fingerprint density at radius 1 is 1.33 bits per heavy atom. The molecule has 0 atom stereocenters. The lowest BCUT2D eigenvalue weighted by molar-refractivity contribution is -0.812. The molecule has 1 saturated heterocycles. The van der Waals surface area contributed by atoms with Gasteiger partial charge in [0.25, 0.3) is 5.17 Å². The van der Waals surface area contributed by atoms with Crippen molar-refractivity contribution in [1.29, 1.82) is 0 Å². The Morgan fingerprint density at radius 2 is 1.93 bits per heavy atom. The van der Waals surface area contributed by atoms with Crippen LogP contribution >= 0.6 is 11.8 Å². The van der Waals surface area contributed by atoms with Gasteiger partial charge in [-0.1, -0.05) is 31.4 Å². The first-order valence-corrected chi connectivity index (χ1v) is 10.5. The number of nitrogens with one attached hydrogen (secondary N) is 1. The zero-order chi connectivity index (χ0) is 11.3. The molecule has 0 aromatic heterocycles. The molecular formula is C10H23N2OSSi+. The Bertz CT molecular complexity index is 222. The van der Waals surface area contributed by atoms with Crippen molar-refractivity contribution in [2.75, 3.05) is 38.7 Å². The summed E-state index contributed by atoms with van der Waals surface area (Å²) in [6.07, 6.45) is 3.18. The number of thioether (sulfide) groups is 1. The molecule has 0 spiro atoms. The molecular weight excluding hydrogens is 224 g/mol. The first-order valence-electron chi connectivity index (χ1n) is 5.54. The number of quaternary nitrogens is 1. The van der Waals surface area contributed by atoms with Crippen molar-refractivity contribution >= 4 is 25.0 Å². The minimum atomic E-state index is -1.05. The van der Waals surface area contributed by atoms with E-state index in [0.717, 1.165) is 32.5 Å². The maximum Gasteiger partial charge on any atom is 0.256 e. The van der Waals surface area contributed by atoms with Crippen molar-refractivity contribution in [3.8, 4) is 0 Å². The van der Waals surface area contributed by atoms with Gasteiger partial charge >= 0.3 is 0 Å². The van der Waals surface area contributed by atoms with Crippen molar-refractivity contribution in [3.05, 3.63) is 0 Å². The van der Waals surface area contributed by atoms with E-state index in [1.54, 1.807) is 11.8 Å². The first kappa shape index (κ1) is 13.2. The van der Waals surface area contributed by atoms with Crippen LogP contribution in [0.5, 0.6) is 0 Å². The molecule has 0 saturated carbocycles. The molecule has 3 nitrogen and oxygen atoms in total. The van der Waals surface area contributed by atoms with Crippen LogP contribution in [0.15, 0.2) is 4.99 Å². The fourth-order valence-corrected chi connectivity index (χ4v) is 2.89. The van der Waals surface area contributed by atoms with Crippen molar-refractivity contribution in [1.82, 2.24) is 0 Å². The Hall–Kier alpha value is 0.157. The number of hydrogen-bond acceptors (Lipinski definition) is 3. The Balaban J connectivity index is 2.53. The molecule has 88 valence electrons. The molecule has 0 bridgehead atoms. The fraction of sp³-hybridized carbons (Fsp3) is 0.900. The van der Waals surface area contributed by atoms with E-state index >= 15 is 0 Å². The molecule has 1 aliphatic heterocycles. The van der Waals surface area contributed by atoms with Crippen LogP contribution in [-0.2, 0) is 4.74 Å². The van der Waals surface area contributed by atoms with E-state index in [4.69, 9.17) is 9.73 Å². The maximum absolute atomic E-state index is 5.36. The van der Waals surface area contributed by atoms with Crippen LogP contribution in [0.25, 0.3) is 0 Å². The lowest BCUT2D eigenvalue weighted by Crippen LogP contribution is -3.16. The first-order chi connectivity index (χ1) is 7.03. The molecule has 0 aliphatic carbocycles. The Labute approximate surface area is 98.3 Å². The van der Waals surface area contributed by atoms with E-state index in [0.29, 0.717) is 0 Å². The zero-order valence-corrected chi connectivity index (χ0v) is 12.1. The predicted octanol–water partition coefficient (Wildman–Crippen LogP) is 0.498. The van der Waals surface area contributed by atoms with E-state index in [1.165, 1.54) is 10.1 Å². The Kier molecular flexibility index (Phi) is 5.32. The summed E-state index contributed by atoms with van der Waals surface area (Å²) in [5.41, 5.74) is 0. The van der Waals surface area contributed by atoms with Gasteiger partial charge in [-0.2, -0.15) is 0 Å². The number of hydrogen-bond donors (Lipinski definition) is 1. The van der Waals surface area contributed by atoms with Crippen LogP contribution in [-0.4, -0.2) is 52.0 Å². The van der Waals surface area contributed by atoms with E-state index in [1.807, 2.05) is 0 Å². The smallest absolute Gasteiger partial charge is 0.256 e. The summed E-state index contributed by atoms with van der Waals surface area (Å²) in [7, 11) is -1.05. The predicted molar refractivity (Wildman–Crippen MR) is 70.7 cm³/mol. The quantitative estimate of drug-likeness (QED) is 0.437. The van der Waals surface area contributed by atoms with Crippen LogP contribution in [0, 0.1) is 0 Å². The van der Waals surface area contributed by atoms with Crippen molar-refractivity contribution in [3.63, 3.8) is 0 Å². The van der Waals surface area contributed by atoms with Gasteiger partial charge in [0.2, 0.25) is 0 Å². The topological polar surface area (TPSA) is 26.0 Å². The third-order valence-corrected chi connectivity index (χ3v) is 4.20. The minimum Gasteiger partial charge on any atom is -0.370 e. The second-order valence-electron chi connectivity index (χ2n) is 5.10. The molecule has 1 rings (SSSR count). The molecule has 15 heavy (non-hydrogen) atoms. The standard InChI is InChI=1S/C10H22N2OSSi/c1-14-10(11-9-15(2,3)4)12-5-7-13-8-6-12/h5-9H2,1-4H3/p+1. The van der Waals surface area contributed by atoms with Gasteiger partial charge in [-0.15, -0.1) is 0 Å². The monoisotopic (exact) mass is 247 g/mol. The number of nitrogens with zero attached hydrogens (tertiary/aromatic N) is 1. The van der Waals surface area contributed by atoms with Gasteiger partial charge in [0, 0.05) is 6.17 Å². The summed E-state index contributed by atoms with van der Waals surface area (Å²) in [4.78, 5) is 6.29. The third kappa shape index (κ3) is 5.15. The van der Waals surface area contributed by atoms with Gasteiger partial charge in [0.05, 0.1) is 21.3 Å². The molecule has 1 aliphatic rings. The van der Waals surface area contributed by atoms with Gasteiger partial charge in [-0.25, -0.2) is 4.99 Å². The van der Waals surface area contributed by atoms with Crippen molar-refractivity contribution in [2.24, 2.45) is 4.99 Å². The average Bonchev–Trinajstić information content (AvgIpc) is 2.19. The number of amidine groups is 1. The Morgan fingerprint density at radius 3 is 2.40 bits per heavy atom. The van der Waals surface area contributed by atoms with E-state index in [9.17, 15) is 0 Å². The highest BCUT2D eigenvalue weighted by Crippen LogP contribution is 2.02. The van der Waals surface area contributed by atoms with Crippen molar-refractivity contribution in [2.45, 2.75) is 19.6 Å². The zero-order valence-electron chi connectivity index (χ0n) is 10.3. The molecule has 0 unspecified atom stereocenters. The summed E-state index contributed by atoms with van der Waals surface area (Å²) in [6, 6.07) is 0. The molecule has 5 heteroatoms. The molecule has 0 aromatic carbocycles. The second-order valence-corrected chi connectivity index (χ2v) is 11.3. The molecule has 1 fully saturated rings. The molecule has 1 heterocycles. The minimum absolute atomic E-state index is 0.877. The summed E-state index contributed by atoms with van der Waals surface area (Å²) in [6.45, 7) is 11.0. The van der Waals surface area contributed by atoms with Crippen LogP contribution in [0.2, 0.25) is 19.6 Å². The van der Waals surface area contributed by atoms with Gasteiger partial charge in [-0.05, 0) is 6.26 Å². The lowest BCUT2D eigenvalue weighted by atomic mass is 10.5. The summed E-state index contributed by atoms with van der Waals surface area (Å²) in [5, 5.41) is 1.28. The number of ether oxygens (including phenoxy) is 1. The normalized spacial score (nSPS) is 20.7. The third-order valence-electron chi connectivity index (χ3n) is 2.29. The van der Waals surface area contributed by atoms with Gasteiger partial charge in [0.15, 0.2) is 0 Å². The summed E-state index contributed by atoms with van der Waals surface area (Å²) < 4.78 is 5.36. The fourth-order valence-electron chi connectivity index (χ4n) is 1.46. The van der Waals surface area contributed by atoms with Crippen molar-refractivity contribution < 1.29 is 9.64 Å². The van der Waals surface area contributed by atoms with Crippen LogP contribution in [0.3, 0.4) is 0 Å². The largest absolute Gasteiger partial charge is 0.370 e. The van der Waals surface area contributed by atoms with E-state index in [-0.39, 0.29) is 0 Å². The highest BCUT2D eigenvalue weighted by atomic mass is 32.2. The van der Waals surface area contributed by atoms with E-state index in [2.05, 4.69) is 25.9 Å². The highest BCUT2D eigenvalue weighted by Gasteiger charge is 2.21. The number of morpholine rings is 1. The molecule has 0 radical (unpaired) electrons. The van der Waals surface area contributed by atoms with Gasteiger partial charge < -0.3 is 4.74 Å². The van der Waals surface area contributed by atoms with Crippen LogP contribution in [0.1, 0.15) is 0 Å². The number of rotatable bonds is 2. The average molecular weight is 247 g/mol. The highest BCUT2D eigenvalue weighted by molar-refractivity contribution is 8.12. The van der Waals surface area contributed by atoms with Crippen LogP contribution in [0.4, 0.5) is 0 Å². The second kappa shape index (κ2) is 6.03. The molecule has 0 amide bonds. The van der Waals surface area contributed by atoms with Crippen LogP contribution < -0.4 is 4.90 Å². The SMILES string of the molecule is CSC(=NC[Si](C)(C)C)[NH+]1CCOCC1. The molecule has 1 N–H and O–H groups in total. The molecule has 0 aromatic rings. The summed E-state index contributed by atoms with van der Waals surface area (Å²) in [5.74, 6) is 0. The number of aliphatic imine (C=N–C) groups is 1. The van der Waals surface area contributed by atoms with Gasteiger partial charge in [0.1, 0.15) is 13.1 Å². The maximum atomic E-state index is 5.36. The summed E-state index contributed by atoms with van der Waals surface area (Å²) >= 11 is 1.80. The van der Waals surface area contributed by atoms with Gasteiger partial charge in [-0.3, -0.25) is 4.90 Å². The van der Waals surface area contributed by atoms with E-state index < -0.39 is 8.07 Å².